The molecule has 0 aliphatic heterocycles. The second kappa shape index (κ2) is 5.99. The molecule has 0 heterocycles. The molecule has 0 N–H and O–H groups in total. The average Bonchev–Trinajstić information content (AvgIpc) is 2.39. The molecule has 0 aliphatic carbocycles. The molecule has 1 nitrogen and oxygen atoms in total. The quantitative estimate of drug-likeness (QED) is 0.571. The Hall–Kier alpha value is -1.12. The zero-order valence-electron chi connectivity index (χ0n) is 9.52. The standard InChI is InChI=1S/C14H13ClOS/c1-17-14-8-3-2-7-13(14)16-12-6-4-5-11(9-12)10-15/h2-9H,10H2,1H3. The third kappa shape index (κ3) is 3.18. The Labute approximate surface area is 111 Å². The van der Waals surface area contributed by atoms with E-state index < -0.39 is 0 Å². The van der Waals surface area contributed by atoms with E-state index in [9.17, 15) is 0 Å². The summed E-state index contributed by atoms with van der Waals surface area (Å²) in [7, 11) is 0. The minimum absolute atomic E-state index is 0.501. The SMILES string of the molecule is CSc1ccccc1Oc1cccc(CCl)c1. The third-order valence-corrected chi connectivity index (χ3v) is 3.44. The molecule has 2 aromatic rings. The van der Waals surface area contributed by atoms with Crippen molar-refractivity contribution in [3.05, 3.63) is 54.1 Å². The van der Waals surface area contributed by atoms with E-state index in [0.29, 0.717) is 5.88 Å². The highest BCUT2D eigenvalue weighted by Crippen LogP contribution is 2.31. The predicted octanol–water partition coefficient (Wildman–Crippen LogP) is 4.94. The van der Waals surface area contributed by atoms with Crippen molar-refractivity contribution in [1.29, 1.82) is 0 Å². The monoisotopic (exact) mass is 264 g/mol. The summed E-state index contributed by atoms with van der Waals surface area (Å²) < 4.78 is 5.86. The molecule has 3 heteroatoms. The van der Waals surface area contributed by atoms with Gasteiger partial charge in [0.2, 0.25) is 0 Å². The summed E-state index contributed by atoms with van der Waals surface area (Å²) >= 11 is 7.47. The van der Waals surface area contributed by atoms with Crippen molar-refractivity contribution in [3.63, 3.8) is 0 Å². The maximum Gasteiger partial charge on any atom is 0.140 e. The van der Waals surface area contributed by atoms with E-state index in [-0.39, 0.29) is 0 Å². The van der Waals surface area contributed by atoms with Gasteiger partial charge in [0.1, 0.15) is 11.5 Å². The van der Waals surface area contributed by atoms with Crippen molar-refractivity contribution >= 4 is 23.4 Å². The van der Waals surface area contributed by atoms with Crippen molar-refractivity contribution in [2.24, 2.45) is 0 Å². The number of para-hydroxylation sites is 1. The first kappa shape index (κ1) is 12.3. The number of benzene rings is 2. The molecule has 17 heavy (non-hydrogen) atoms. The zero-order valence-corrected chi connectivity index (χ0v) is 11.1. The molecule has 0 saturated carbocycles. The molecule has 2 aromatic carbocycles. The topological polar surface area (TPSA) is 9.23 Å². The molecule has 0 bridgehead atoms. The van der Waals surface area contributed by atoms with Crippen LogP contribution < -0.4 is 4.74 Å². The Morgan fingerprint density at radius 1 is 1.12 bits per heavy atom. The van der Waals surface area contributed by atoms with Crippen LogP contribution in [0.1, 0.15) is 5.56 Å². The second-order valence-electron chi connectivity index (χ2n) is 3.53. The average molecular weight is 265 g/mol. The highest BCUT2D eigenvalue weighted by Gasteiger charge is 2.03. The lowest BCUT2D eigenvalue weighted by atomic mass is 10.2. The van der Waals surface area contributed by atoms with Crippen LogP contribution in [0, 0.1) is 0 Å². The minimum Gasteiger partial charge on any atom is -0.456 e. The molecular formula is C14H13ClOS. The van der Waals surface area contributed by atoms with Gasteiger partial charge in [-0.2, -0.15) is 0 Å². The van der Waals surface area contributed by atoms with Crippen molar-refractivity contribution in [1.82, 2.24) is 0 Å². The summed E-state index contributed by atoms with van der Waals surface area (Å²) in [5.74, 6) is 2.21. The van der Waals surface area contributed by atoms with Crippen LogP contribution in [-0.4, -0.2) is 6.26 Å². The fraction of sp³-hybridized carbons (Fsp3) is 0.143. The summed E-state index contributed by atoms with van der Waals surface area (Å²) in [4.78, 5) is 1.13. The lowest BCUT2D eigenvalue weighted by molar-refractivity contribution is 0.471. The van der Waals surface area contributed by atoms with Crippen LogP contribution in [-0.2, 0) is 5.88 Å². The first-order chi connectivity index (χ1) is 8.33. The Bertz CT molecular complexity index is 499. The number of hydrogen-bond donors (Lipinski definition) is 0. The lowest BCUT2D eigenvalue weighted by Gasteiger charge is -2.09. The van der Waals surface area contributed by atoms with E-state index >= 15 is 0 Å². The number of thioether (sulfide) groups is 1. The van der Waals surface area contributed by atoms with Crippen molar-refractivity contribution in [2.45, 2.75) is 10.8 Å². The van der Waals surface area contributed by atoms with Gasteiger partial charge in [-0.15, -0.1) is 23.4 Å². The molecule has 0 unspecified atom stereocenters. The molecule has 0 atom stereocenters. The van der Waals surface area contributed by atoms with E-state index in [1.54, 1.807) is 11.8 Å². The van der Waals surface area contributed by atoms with Crippen LogP contribution in [0.2, 0.25) is 0 Å². The van der Waals surface area contributed by atoms with Gasteiger partial charge >= 0.3 is 0 Å². The van der Waals surface area contributed by atoms with Gasteiger partial charge in [-0.1, -0.05) is 24.3 Å². The first-order valence-electron chi connectivity index (χ1n) is 5.29. The smallest absolute Gasteiger partial charge is 0.140 e. The normalized spacial score (nSPS) is 10.2. The Kier molecular flexibility index (Phi) is 4.35. The fourth-order valence-corrected chi connectivity index (χ4v) is 2.21. The highest BCUT2D eigenvalue weighted by molar-refractivity contribution is 7.98. The first-order valence-corrected chi connectivity index (χ1v) is 7.05. The minimum atomic E-state index is 0.501. The number of alkyl halides is 1. The van der Waals surface area contributed by atoms with E-state index in [4.69, 9.17) is 16.3 Å². The highest BCUT2D eigenvalue weighted by atomic mass is 35.5. The van der Waals surface area contributed by atoms with Crippen LogP contribution in [0.4, 0.5) is 0 Å². The van der Waals surface area contributed by atoms with Gasteiger partial charge in [0.25, 0.3) is 0 Å². The van der Waals surface area contributed by atoms with Gasteiger partial charge in [-0.25, -0.2) is 0 Å². The van der Waals surface area contributed by atoms with Gasteiger partial charge in [0.15, 0.2) is 0 Å². The summed E-state index contributed by atoms with van der Waals surface area (Å²) in [5, 5.41) is 0. The number of ether oxygens (including phenoxy) is 1. The molecule has 2 rings (SSSR count). The number of hydrogen-bond acceptors (Lipinski definition) is 2. The molecule has 0 radical (unpaired) electrons. The van der Waals surface area contributed by atoms with Gasteiger partial charge in [0, 0.05) is 10.8 Å². The van der Waals surface area contributed by atoms with Crippen LogP contribution in [0.25, 0.3) is 0 Å². The molecule has 0 spiro atoms. The third-order valence-electron chi connectivity index (χ3n) is 2.35. The summed E-state index contributed by atoms with van der Waals surface area (Å²) in [6, 6.07) is 15.8. The second-order valence-corrected chi connectivity index (χ2v) is 4.65. The van der Waals surface area contributed by atoms with Gasteiger partial charge in [-0.05, 0) is 36.1 Å². The summed E-state index contributed by atoms with van der Waals surface area (Å²) in [6.07, 6.45) is 2.04. The maximum atomic E-state index is 5.86. The Morgan fingerprint density at radius 2 is 1.94 bits per heavy atom. The summed E-state index contributed by atoms with van der Waals surface area (Å²) in [6.45, 7) is 0. The number of halogens is 1. The fourth-order valence-electron chi connectivity index (χ4n) is 1.52. The van der Waals surface area contributed by atoms with Crippen LogP contribution >= 0.6 is 23.4 Å². The largest absolute Gasteiger partial charge is 0.456 e. The lowest BCUT2D eigenvalue weighted by Crippen LogP contribution is -1.87. The van der Waals surface area contributed by atoms with Crippen molar-refractivity contribution in [2.75, 3.05) is 6.26 Å². The predicted molar refractivity (Wildman–Crippen MR) is 74.3 cm³/mol. The van der Waals surface area contributed by atoms with E-state index in [0.717, 1.165) is 22.0 Å². The Balaban J connectivity index is 2.24. The Morgan fingerprint density at radius 3 is 2.71 bits per heavy atom. The number of rotatable bonds is 4. The zero-order chi connectivity index (χ0) is 12.1. The van der Waals surface area contributed by atoms with Gasteiger partial charge < -0.3 is 4.74 Å². The van der Waals surface area contributed by atoms with E-state index in [2.05, 4.69) is 0 Å². The van der Waals surface area contributed by atoms with Crippen molar-refractivity contribution in [3.8, 4) is 11.5 Å². The van der Waals surface area contributed by atoms with Crippen molar-refractivity contribution < 1.29 is 4.74 Å². The van der Waals surface area contributed by atoms with E-state index in [1.165, 1.54) is 0 Å². The van der Waals surface area contributed by atoms with E-state index in [1.807, 2.05) is 54.8 Å². The van der Waals surface area contributed by atoms with Crippen LogP contribution in [0.15, 0.2) is 53.4 Å². The maximum absolute atomic E-state index is 5.86. The molecule has 88 valence electrons. The molecule has 0 amide bonds. The summed E-state index contributed by atoms with van der Waals surface area (Å²) in [5.41, 5.74) is 1.06. The molecular weight excluding hydrogens is 252 g/mol. The van der Waals surface area contributed by atoms with Crippen LogP contribution in [0.3, 0.4) is 0 Å². The van der Waals surface area contributed by atoms with Crippen LogP contribution in [0.5, 0.6) is 11.5 Å². The molecule has 0 saturated heterocycles. The van der Waals surface area contributed by atoms with Gasteiger partial charge in [-0.3, -0.25) is 0 Å². The van der Waals surface area contributed by atoms with Gasteiger partial charge in [0.05, 0.1) is 0 Å². The molecule has 0 fully saturated rings. The molecule has 0 aromatic heterocycles. The molecule has 0 aliphatic rings.